The molecule has 1 unspecified atom stereocenters. The Balaban J connectivity index is 2.20. The Morgan fingerprint density at radius 2 is 2.00 bits per heavy atom. The van der Waals surface area contributed by atoms with E-state index in [2.05, 4.69) is 5.32 Å². The fraction of sp³-hybridized carbons (Fsp3) is 0.500. The number of methoxy groups -OCH3 is 1. The van der Waals surface area contributed by atoms with Gasteiger partial charge in [0.1, 0.15) is 0 Å². The van der Waals surface area contributed by atoms with Gasteiger partial charge in [0.05, 0.1) is 11.4 Å². The number of para-hydroxylation sites is 2. The van der Waals surface area contributed by atoms with Gasteiger partial charge >= 0.3 is 0 Å². The van der Waals surface area contributed by atoms with Crippen molar-refractivity contribution < 1.29 is 13.7 Å². The van der Waals surface area contributed by atoms with Gasteiger partial charge < -0.3 is 15.8 Å². The lowest BCUT2D eigenvalue weighted by atomic mass is 10.2. The number of rotatable bonds is 9. The zero-order valence-electron chi connectivity index (χ0n) is 11.8. The average Bonchev–Trinajstić information content (AvgIpc) is 2.42. The minimum atomic E-state index is -0.873. The first-order chi connectivity index (χ1) is 9.63. The summed E-state index contributed by atoms with van der Waals surface area (Å²) in [6.07, 6.45) is 1.75. The van der Waals surface area contributed by atoms with E-state index in [1.54, 1.807) is 19.2 Å². The molecule has 20 heavy (non-hydrogen) atoms. The first-order valence-corrected chi connectivity index (χ1v) is 8.10. The van der Waals surface area contributed by atoms with Gasteiger partial charge in [-0.2, -0.15) is 0 Å². The van der Waals surface area contributed by atoms with Gasteiger partial charge in [-0.1, -0.05) is 12.1 Å². The van der Waals surface area contributed by atoms with Crippen molar-refractivity contribution in [2.24, 2.45) is 0 Å². The second-order valence-electron chi connectivity index (χ2n) is 4.43. The number of benzene rings is 1. The predicted molar refractivity (Wildman–Crippen MR) is 83.1 cm³/mol. The summed E-state index contributed by atoms with van der Waals surface area (Å²) < 4.78 is 16.5. The highest BCUT2D eigenvalue weighted by Gasteiger charge is 2.06. The number of hydrogen-bond donors (Lipinski definition) is 2. The lowest BCUT2D eigenvalue weighted by Crippen LogP contribution is -2.14. The third-order valence-corrected chi connectivity index (χ3v) is 4.22. The van der Waals surface area contributed by atoms with Crippen molar-refractivity contribution in [2.75, 3.05) is 36.3 Å². The molecule has 0 bridgehead atoms. The number of amides is 1. The second-order valence-corrected chi connectivity index (χ2v) is 6.13. The number of hydrogen-bond acceptors (Lipinski definition) is 4. The molecule has 1 aromatic carbocycles. The van der Waals surface area contributed by atoms with Crippen LogP contribution in [-0.2, 0) is 20.3 Å². The summed E-state index contributed by atoms with van der Waals surface area (Å²) in [4.78, 5) is 11.7. The molecule has 5 nitrogen and oxygen atoms in total. The third-order valence-electron chi connectivity index (χ3n) is 2.73. The van der Waals surface area contributed by atoms with Gasteiger partial charge in [-0.25, -0.2) is 0 Å². The van der Waals surface area contributed by atoms with Gasteiger partial charge in [-0.05, 0) is 25.0 Å². The molecule has 0 spiro atoms. The summed E-state index contributed by atoms with van der Waals surface area (Å²) >= 11 is 0. The molecule has 1 aromatic rings. The van der Waals surface area contributed by atoms with Crippen LogP contribution in [0.1, 0.15) is 19.3 Å². The molecule has 0 heterocycles. The zero-order chi connectivity index (χ0) is 14.8. The van der Waals surface area contributed by atoms with Crippen LogP contribution in [0.5, 0.6) is 0 Å². The summed E-state index contributed by atoms with van der Waals surface area (Å²) in [5, 5.41) is 2.75. The largest absolute Gasteiger partial charge is 0.397 e. The van der Waals surface area contributed by atoms with E-state index >= 15 is 0 Å². The van der Waals surface area contributed by atoms with Crippen molar-refractivity contribution in [2.45, 2.75) is 19.3 Å². The normalized spacial score (nSPS) is 12.1. The van der Waals surface area contributed by atoms with Crippen molar-refractivity contribution in [1.29, 1.82) is 0 Å². The molecular formula is C14H22N2O3S. The molecule has 0 aliphatic rings. The smallest absolute Gasteiger partial charge is 0.224 e. The quantitative estimate of drug-likeness (QED) is 0.538. The van der Waals surface area contributed by atoms with Crippen LogP contribution in [0.25, 0.3) is 0 Å². The number of anilines is 2. The molecule has 1 rings (SSSR count). The molecular weight excluding hydrogens is 276 g/mol. The fourth-order valence-electron chi connectivity index (χ4n) is 1.68. The minimum Gasteiger partial charge on any atom is -0.397 e. The number of ether oxygens (including phenoxy) is 1. The van der Waals surface area contributed by atoms with Crippen LogP contribution in [-0.4, -0.2) is 35.3 Å². The monoisotopic (exact) mass is 298 g/mol. The standard InChI is InChI=1S/C14H22N2O3S/c1-19-9-5-11-20(18)10-4-8-14(17)16-13-7-3-2-6-12(13)15/h2-3,6-7H,4-5,8-11,15H2,1H3,(H,16,17). The van der Waals surface area contributed by atoms with Crippen LogP contribution < -0.4 is 11.1 Å². The second kappa shape index (κ2) is 9.50. The van der Waals surface area contributed by atoms with Crippen LogP contribution >= 0.6 is 0 Å². The highest BCUT2D eigenvalue weighted by atomic mass is 32.2. The molecule has 0 saturated heterocycles. The molecule has 112 valence electrons. The summed E-state index contributed by atoms with van der Waals surface area (Å²) in [5.41, 5.74) is 6.91. The average molecular weight is 298 g/mol. The van der Waals surface area contributed by atoms with Crippen LogP contribution in [0.3, 0.4) is 0 Å². The summed E-state index contributed by atoms with van der Waals surface area (Å²) in [5.74, 6) is 1.07. The van der Waals surface area contributed by atoms with Crippen molar-refractivity contribution in [1.82, 2.24) is 0 Å². The minimum absolute atomic E-state index is 0.100. The summed E-state index contributed by atoms with van der Waals surface area (Å²) in [6.45, 7) is 0.625. The lowest BCUT2D eigenvalue weighted by Gasteiger charge is -2.07. The Morgan fingerprint density at radius 1 is 1.30 bits per heavy atom. The van der Waals surface area contributed by atoms with Gasteiger partial charge in [-0.3, -0.25) is 9.00 Å². The maximum absolute atomic E-state index is 11.7. The Kier molecular flexibility index (Phi) is 7.91. The Hall–Kier alpha value is -1.40. The number of nitrogens with one attached hydrogen (secondary N) is 1. The fourth-order valence-corrected chi connectivity index (χ4v) is 2.79. The van der Waals surface area contributed by atoms with E-state index in [-0.39, 0.29) is 5.91 Å². The molecule has 0 radical (unpaired) electrons. The lowest BCUT2D eigenvalue weighted by molar-refractivity contribution is -0.116. The molecule has 0 fully saturated rings. The van der Waals surface area contributed by atoms with Gasteiger partial charge in [0.25, 0.3) is 0 Å². The molecule has 0 aliphatic carbocycles. The number of nitrogen functional groups attached to an aromatic ring is 1. The maximum Gasteiger partial charge on any atom is 0.224 e. The molecule has 1 atom stereocenters. The van der Waals surface area contributed by atoms with Gasteiger partial charge in [-0.15, -0.1) is 0 Å². The van der Waals surface area contributed by atoms with E-state index in [9.17, 15) is 9.00 Å². The molecule has 0 aromatic heterocycles. The molecule has 1 amide bonds. The number of carbonyl (C=O) groups is 1. The Morgan fingerprint density at radius 3 is 2.70 bits per heavy atom. The number of nitrogens with two attached hydrogens (primary N) is 1. The Labute approximate surface area is 122 Å². The highest BCUT2D eigenvalue weighted by molar-refractivity contribution is 7.84. The maximum atomic E-state index is 11.7. The van der Waals surface area contributed by atoms with E-state index in [0.29, 0.717) is 42.3 Å². The van der Waals surface area contributed by atoms with Crippen molar-refractivity contribution in [3.05, 3.63) is 24.3 Å². The van der Waals surface area contributed by atoms with E-state index < -0.39 is 10.8 Å². The van der Waals surface area contributed by atoms with Gasteiger partial charge in [0.2, 0.25) is 5.91 Å². The van der Waals surface area contributed by atoms with Crippen LogP contribution in [0.2, 0.25) is 0 Å². The van der Waals surface area contributed by atoms with Crippen LogP contribution in [0, 0.1) is 0 Å². The highest BCUT2D eigenvalue weighted by Crippen LogP contribution is 2.16. The Bertz CT molecular complexity index is 452. The molecule has 3 N–H and O–H groups in total. The predicted octanol–water partition coefficient (Wildman–Crippen LogP) is 1.77. The van der Waals surface area contributed by atoms with Crippen molar-refractivity contribution in [3.63, 3.8) is 0 Å². The van der Waals surface area contributed by atoms with Gasteiger partial charge in [0.15, 0.2) is 0 Å². The summed E-state index contributed by atoms with van der Waals surface area (Å²) in [7, 11) is 0.754. The topological polar surface area (TPSA) is 81.4 Å². The molecule has 0 aliphatic heterocycles. The zero-order valence-corrected chi connectivity index (χ0v) is 12.6. The first kappa shape index (κ1) is 16.7. The van der Waals surface area contributed by atoms with E-state index in [1.165, 1.54) is 0 Å². The van der Waals surface area contributed by atoms with Crippen molar-refractivity contribution >= 4 is 28.1 Å². The van der Waals surface area contributed by atoms with Gasteiger partial charge in [0, 0.05) is 42.4 Å². The first-order valence-electron chi connectivity index (χ1n) is 6.61. The van der Waals surface area contributed by atoms with E-state index in [0.717, 1.165) is 6.42 Å². The molecule has 6 heteroatoms. The van der Waals surface area contributed by atoms with Crippen molar-refractivity contribution in [3.8, 4) is 0 Å². The van der Waals surface area contributed by atoms with E-state index in [4.69, 9.17) is 10.5 Å². The van der Waals surface area contributed by atoms with E-state index in [1.807, 2.05) is 12.1 Å². The van der Waals surface area contributed by atoms with Crippen LogP contribution in [0.15, 0.2) is 24.3 Å². The molecule has 0 saturated carbocycles. The SMILES string of the molecule is COCCCS(=O)CCCC(=O)Nc1ccccc1N. The third kappa shape index (κ3) is 6.68. The van der Waals surface area contributed by atoms with Crippen LogP contribution in [0.4, 0.5) is 11.4 Å². The number of carbonyl (C=O) groups excluding carboxylic acids is 1. The summed E-state index contributed by atoms with van der Waals surface area (Å²) in [6, 6.07) is 7.13.